The fraction of sp³-hybridized carbons (Fsp3) is 0.174. The van der Waals surface area contributed by atoms with Gasteiger partial charge in [0.2, 0.25) is 0 Å². The van der Waals surface area contributed by atoms with Crippen molar-refractivity contribution in [3.8, 4) is 17.2 Å². The lowest BCUT2D eigenvalue weighted by Crippen LogP contribution is -2.27. The van der Waals surface area contributed by atoms with Crippen molar-refractivity contribution in [2.75, 3.05) is 0 Å². The SMILES string of the molecule is O=c1c2cnn(-c3cc(C(F)(F)F)cc(C(F)(F)F)c3)c2nc2n1CCc1c-2[nH]c2ccccc12. The highest BCUT2D eigenvalue weighted by atomic mass is 19.4. The summed E-state index contributed by atoms with van der Waals surface area (Å²) in [5.74, 6) is 0.240. The molecule has 0 spiro atoms. The van der Waals surface area contributed by atoms with Gasteiger partial charge in [0.25, 0.3) is 5.56 Å². The summed E-state index contributed by atoms with van der Waals surface area (Å²) in [6.07, 6.45) is -8.39. The maximum Gasteiger partial charge on any atom is 0.416 e. The Morgan fingerprint density at radius 1 is 0.914 bits per heavy atom. The van der Waals surface area contributed by atoms with E-state index in [2.05, 4.69) is 15.1 Å². The lowest BCUT2D eigenvalue weighted by Gasteiger charge is -2.18. The van der Waals surface area contributed by atoms with Gasteiger partial charge in [-0.05, 0) is 36.2 Å². The topological polar surface area (TPSA) is 68.5 Å². The summed E-state index contributed by atoms with van der Waals surface area (Å²) >= 11 is 0. The summed E-state index contributed by atoms with van der Waals surface area (Å²) in [5.41, 5.74) is -1.78. The molecular formula is C23H13F6N5O. The van der Waals surface area contributed by atoms with Gasteiger partial charge in [-0.2, -0.15) is 31.4 Å². The highest BCUT2D eigenvalue weighted by Crippen LogP contribution is 2.38. The summed E-state index contributed by atoms with van der Waals surface area (Å²) in [5, 5.41) is 4.87. The molecule has 1 aliphatic heterocycles. The van der Waals surface area contributed by atoms with E-state index in [1.54, 1.807) is 0 Å². The lowest BCUT2D eigenvalue weighted by molar-refractivity contribution is -0.143. The molecule has 5 aromatic rings. The van der Waals surface area contributed by atoms with Crippen LogP contribution in [0.5, 0.6) is 0 Å². The Kier molecular flexibility index (Phi) is 4.27. The monoisotopic (exact) mass is 489 g/mol. The van der Waals surface area contributed by atoms with E-state index in [-0.39, 0.29) is 22.9 Å². The third kappa shape index (κ3) is 3.23. The first kappa shape index (κ1) is 21.4. The third-order valence-corrected chi connectivity index (χ3v) is 6.13. The molecule has 0 saturated carbocycles. The minimum Gasteiger partial charge on any atom is -0.352 e. The van der Waals surface area contributed by atoms with Gasteiger partial charge in [0.15, 0.2) is 11.5 Å². The van der Waals surface area contributed by atoms with Gasteiger partial charge in [-0.1, -0.05) is 18.2 Å². The molecule has 0 fully saturated rings. The quantitative estimate of drug-likeness (QED) is 0.324. The Bertz CT molecular complexity index is 1670. The number of benzene rings is 2. The molecular weight excluding hydrogens is 476 g/mol. The van der Waals surface area contributed by atoms with Crippen LogP contribution in [0.15, 0.2) is 53.5 Å². The van der Waals surface area contributed by atoms with Crippen LogP contribution in [0.25, 0.3) is 39.1 Å². The van der Waals surface area contributed by atoms with Gasteiger partial charge in [-0.25, -0.2) is 9.67 Å². The first-order valence-electron chi connectivity index (χ1n) is 10.4. The number of nitrogens with zero attached hydrogens (tertiary/aromatic N) is 4. The van der Waals surface area contributed by atoms with Crippen LogP contribution < -0.4 is 5.56 Å². The van der Waals surface area contributed by atoms with Crippen molar-refractivity contribution in [1.29, 1.82) is 0 Å². The summed E-state index contributed by atoms with van der Waals surface area (Å²) in [4.78, 5) is 20.9. The molecule has 2 aromatic carbocycles. The van der Waals surface area contributed by atoms with Crippen LogP contribution in [0.2, 0.25) is 0 Å². The van der Waals surface area contributed by atoms with Crippen LogP contribution in [0.4, 0.5) is 26.3 Å². The van der Waals surface area contributed by atoms with Crippen LogP contribution in [0.3, 0.4) is 0 Å². The van der Waals surface area contributed by atoms with Gasteiger partial charge >= 0.3 is 12.4 Å². The van der Waals surface area contributed by atoms with Gasteiger partial charge in [0, 0.05) is 17.4 Å². The van der Waals surface area contributed by atoms with Crippen molar-refractivity contribution in [3.05, 3.63) is 75.7 Å². The average Bonchev–Trinajstić information content (AvgIpc) is 3.40. The lowest BCUT2D eigenvalue weighted by atomic mass is 10.0. The minimum absolute atomic E-state index is 0.0146. The summed E-state index contributed by atoms with van der Waals surface area (Å²) in [6.45, 7) is 0.318. The Labute approximate surface area is 191 Å². The number of fused-ring (bicyclic) bond motifs is 6. The number of alkyl halides is 6. The number of aromatic nitrogens is 5. The zero-order chi connectivity index (χ0) is 24.7. The van der Waals surface area contributed by atoms with Crippen LogP contribution >= 0.6 is 0 Å². The minimum atomic E-state index is -5.02. The molecule has 4 heterocycles. The molecule has 0 amide bonds. The predicted octanol–water partition coefficient (Wildman–Crippen LogP) is 5.32. The van der Waals surface area contributed by atoms with Crippen molar-refractivity contribution in [1.82, 2.24) is 24.3 Å². The smallest absolute Gasteiger partial charge is 0.352 e. The molecule has 178 valence electrons. The molecule has 6 rings (SSSR count). The third-order valence-electron chi connectivity index (χ3n) is 6.13. The number of hydrogen-bond acceptors (Lipinski definition) is 3. The predicted molar refractivity (Wildman–Crippen MR) is 114 cm³/mol. The Morgan fingerprint density at radius 2 is 1.60 bits per heavy atom. The average molecular weight is 489 g/mol. The van der Waals surface area contributed by atoms with Gasteiger partial charge in [0.05, 0.1) is 28.7 Å². The Balaban J connectivity index is 1.62. The summed E-state index contributed by atoms with van der Waals surface area (Å²) in [6, 6.07) is 8.63. The van der Waals surface area contributed by atoms with Crippen LogP contribution in [0.1, 0.15) is 16.7 Å². The standard InChI is InChI=1S/C23H13F6N5O/c24-22(25,26)11-7-12(23(27,28)29)9-13(8-11)34-19-16(10-30-34)21(35)33-6-5-15-14-3-1-2-4-17(14)31-18(15)20(33)32-19/h1-4,7-10,31H,5-6H2. The van der Waals surface area contributed by atoms with Crippen molar-refractivity contribution in [2.24, 2.45) is 0 Å². The van der Waals surface area contributed by atoms with E-state index in [1.807, 2.05) is 24.3 Å². The molecule has 6 nitrogen and oxygen atoms in total. The molecule has 0 bridgehead atoms. The van der Waals surface area contributed by atoms with Crippen molar-refractivity contribution >= 4 is 21.9 Å². The summed E-state index contributed by atoms with van der Waals surface area (Å²) in [7, 11) is 0. The molecule has 0 aliphatic carbocycles. The van der Waals surface area contributed by atoms with Gasteiger partial charge in [0.1, 0.15) is 5.39 Å². The van der Waals surface area contributed by atoms with Gasteiger partial charge in [-0.3, -0.25) is 9.36 Å². The molecule has 0 radical (unpaired) electrons. The van der Waals surface area contributed by atoms with E-state index in [0.717, 1.165) is 27.3 Å². The second-order valence-electron chi connectivity index (χ2n) is 8.22. The van der Waals surface area contributed by atoms with Gasteiger partial charge < -0.3 is 4.98 Å². The second kappa shape index (κ2) is 6.96. The van der Waals surface area contributed by atoms with E-state index in [9.17, 15) is 31.1 Å². The number of nitrogens with one attached hydrogen (secondary N) is 1. The van der Waals surface area contributed by atoms with E-state index in [4.69, 9.17) is 0 Å². The van der Waals surface area contributed by atoms with Crippen molar-refractivity contribution in [3.63, 3.8) is 0 Å². The van der Waals surface area contributed by atoms with Crippen LogP contribution in [0, 0.1) is 0 Å². The van der Waals surface area contributed by atoms with E-state index in [0.29, 0.717) is 30.8 Å². The molecule has 1 aliphatic rings. The van der Waals surface area contributed by atoms with Crippen LogP contribution in [-0.4, -0.2) is 24.3 Å². The number of hydrogen-bond donors (Lipinski definition) is 1. The number of para-hydroxylation sites is 1. The molecule has 0 atom stereocenters. The fourth-order valence-electron chi connectivity index (χ4n) is 4.52. The molecule has 0 saturated heterocycles. The molecule has 3 aromatic heterocycles. The number of aryl methyl sites for hydroxylation is 1. The van der Waals surface area contributed by atoms with E-state index >= 15 is 0 Å². The largest absolute Gasteiger partial charge is 0.416 e. The normalized spacial score (nSPS) is 13.9. The zero-order valence-corrected chi connectivity index (χ0v) is 17.5. The highest BCUT2D eigenvalue weighted by Gasteiger charge is 2.37. The maximum absolute atomic E-state index is 13.4. The van der Waals surface area contributed by atoms with Crippen molar-refractivity contribution < 1.29 is 26.3 Å². The number of rotatable bonds is 1. The number of aromatic amines is 1. The van der Waals surface area contributed by atoms with E-state index < -0.39 is 34.7 Å². The fourth-order valence-corrected chi connectivity index (χ4v) is 4.52. The number of halogens is 6. The van der Waals surface area contributed by atoms with E-state index in [1.165, 1.54) is 4.57 Å². The Hall–Kier alpha value is -4.09. The van der Waals surface area contributed by atoms with Crippen molar-refractivity contribution in [2.45, 2.75) is 25.3 Å². The number of H-pyrrole nitrogens is 1. The molecule has 1 N–H and O–H groups in total. The summed E-state index contributed by atoms with van der Waals surface area (Å²) < 4.78 is 82.5. The Morgan fingerprint density at radius 3 is 2.29 bits per heavy atom. The van der Waals surface area contributed by atoms with Gasteiger partial charge in [-0.15, -0.1) is 0 Å². The first-order valence-corrected chi connectivity index (χ1v) is 10.4. The molecule has 35 heavy (non-hydrogen) atoms. The highest BCUT2D eigenvalue weighted by molar-refractivity contribution is 5.91. The zero-order valence-electron chi connectivity index (χ0n) is 17.5. The molecule has 12 heteroatoms. The maximum atomic E-state index is 13.4. The second-order valence-corrected chi connectivity index (χ2v) is 8.22. The first-order chi connectivity index (χ1) is 16.5. The molecule has 0 unspecified atom stereocenters. The van der Waals surface area contributed by atoms with Crippen LogP contribution in [-0.2, 0) is 25.3 Å².